The SMILES string of the molecule is CCC1(c2cccc(CBr)c2)COC(C)(C)O1. The molecule has 1 aliphatic rings. The lowest BCUT2D eigenvalue weighted by Crippen LogP contribution is -2.31. The Morgan fingerprint density at radius 2 is 2.12 bits per heavy atom. The maximum atomic E-state index is 6.13. The molecule has 17 heavy (non-hydrogen) atoms. The van der Waals surface area contributed by atoms with Gasteiger partial charge in [-0.2, -0.15) is 0 Å². The Balaban J connectivity index is 2.35. The average molecular weight is 299 g/mol. The van der Waals surface area contributed by atoms with E-state index in [1.807, 2.05) is 13.8 Å². The number of hydrogen-bond acceptors (Lipinski definition) is 2. The van der Waals surface area contributed by atoms with Crippen LogP contribution >= 0.6 is 15.9 Å². The van der Waals surface area contributed by atoms with Crippen LogP contribution in [-0.4, -0.2) is 12.4 Å². The molecule has 1 aromatic rings. The maximum Gasteiger partial charge on any atom is 0.164 e. The van der Waals surface area contributed by atoms with Gasteiger partial charge in [-0.1, -0.05) is 47.1 Å². The van der Waals surface area contributed by atoms with Crippen molar-refractivity contribution in [3.63, 3.8) is 0 Å². The minimum absolute atomic E-state index is 0.290. The molecule has 0 N–H and O–H groups in total. The molecule has 1 heterocycles. The van der Waals surface area contributed by atoms with Gasteiger partial charge in [0, 0.05) is 5.33 Å². The molecule has 0 radical (unpaired) electrons. The third-order valence-electron chi connectivity index (χ3n) is 3.27. The van der Waals surface area contributed by atoms with Gasteiger partial charge in [0.25, 0.3) is 0 Å². The molecule has 0 saturated carbocycles. The van der Waals surface area contributed by atoms with E-state index in [-0.39, 0.29) is 5.60 Å². The van der Waals surface area contributed by atoms with E-state index in [1.165, 1.54) is 11.1 Å². The van der Waals surface area contributed by atoms with Crippen molar-refractivity contribution in [1.82, 2.24) is 0 Å². The number of halogens is 1. The highest BCUT2D eigenvalue weighted by molar-refractivity contribution is 9.08. The minimum atomic E-state index is -0.486. The number of rotatable bonds is 3. The van der Waals surface area contributed by atoms with E-state index in [0.29, 0.717) is 6.61 Å². The number of hydrogen-bond donors (Lipinski definition) is 0. The largest absolute Gasteiger partial charge is 0.347 e. The van der Waals surface area contributed by atoms with E-state index in [0.717, 1.165) is 11.8 Å². The van der Waals surface area contributed by atoms with Crippen molar-refractivity contribution < 1.29 is 9.47 Å². The molecule has 1 aromatic carbocycles. The monoisotopic (exact) mass is 298 g/mol. The Kier molecular flexibility index (Phi) is 3.62. The van der Waals surface area contributed by atoms with Gasteiger partial charge in [-0.3, -0.25) is 0 Å². The van der Waals surface area contributed by atoms with Gasteiger partial charge in [0.15, 0.2) is 5.79 Å². The molecular weight excluding hydrogens is 280 g/mol. The van der Waals surface area contributed by atoms with Gasteiger partial charge < -0.3 is 9.47 Å². The molecule has 3 heteroatoms. The van der Waals surface area contributed by atoms with Crippen molar-refractivity contribution in [2.24, 2.45) is 0 Å². The molecule has 2 nitrogen and oxygen atoms in total. The number of alkyl halides is 1. The van der Waals surface area contributed by atoms with Gasteiger partial charge in [0.2, 0.25) is 0 Å². The topological polar surface area (TPSA) is 18.5 Å². The van der Waals surface area contributed by atoms with Gasteiger partial charge in [0.05, 0.1) is 6.61 Å². The third-order valence-corrected chi connectivity index (χ3v) is 3.92. The van der Waals surface area contributed by atoms with E-state index >= 15 is 0 Å². The lowest BCUT2D eigenvalue weighted by molar-refractivity contribution is -0.164. The predicted molar refractivity (Wildman–Crippen MR) is 72.2 cm³/mol. The molecule has 0 bridgehead atoms. The second kappa shape index (κ2) is 4.71. The third kappa shape index (κ3) is 2.56. The molecule has 1 atom stereocenters. The number of ether oxygens (including phenoxy) is 2. The fourth-order valence-corrected chi connectivity index (χ4v) is 2.63. The zero-order chi connectivity index (χ0) is 12.5. The predicted octanol–water partition coefficient (Wildman–Crippen LogP) is 3.97. The normalized spacial score (nSPS) is 27.3. The Morgan fingerprint density at radius 1 is 1.35 bits per heavy atom. The van der Waals surface area contributed by atoms with E-state index in [1.54, 1.807) is 0 Å². The molecule has 1 aliphatic heterocycles. The van der Waals surface area contributed by atoms with E-state index in [9.17, 15) is 0 Å². The maximum absolute atomic E-state index is 6.13. The molecule has 0 spiro atoms. The quantitative estimate of drug-likeness (QED) is 0.786. The molecule has 94 valence electrons. The highest BCUT2D eigenvalue weighted by atomic mass is 79.9. The van der Waals surface area contributed by atoms with Gasteiger partial charge >= 0.3 is 0 Å². The van der Waals surface area contributed by atoms with Gasteiger partial charge in [0.1, 0.15) is 5.60 Å². The van der Waals surface area contributed by atoms with Crippen molar-refractivity contribution in [3.8, 4) is 0 Å². The second-order valence-electron chi connectivity index (χ2n) is 4.97. The standard InChI is InChI=1S/C14H19BrO2/c1-4-14(10-16-13(2,3)17-14)12-7-5-6-11(8-12)9-15/h5-8H,4,9-10H2,1-3H3. The molecular formula is C14H19BrO2. The average Bonchev–Trinajstić information content (AvgIpc) is 2.66. The summed E-state index contributed by atoms with van der Waals surface area (Å²) in [5, 5.41) is 0.866. The second-order valence-corrected chi connectivity index (χ2v) is 5.53. The minimum Gasteiger partial charge on any atom is -0.347 e. The van der Waals surface area contributed by atoms with Crippen LogP contribution in [0.4, 0.5) is 0 Å². The first-order valence-electron chi connectivity index (χ1n) is 6.01. The Morgan fingerprint density at radius 3 is 2.65 bits per heavy atom. The van der Waals surface area contributed by atoms with Crippen molar-refractivity contribution in [2.45, 2.75) is 43.9 Å². The van der Waals surface area contributed by atoms with Crippen LogP contribution in [0.25, 0.3) is 0 Å². The first-order valence-corrected chi connectivity index (χ1v) is 7.13. The summed E-state index contributed by atoms with van der Waals surface area (Å²) in [4.78, 5) is 0. The van der Waals surface area contributed by atoms with Crippen LogP contribution in [-0.2, 0) is 20.4 Å². The number of benzene rings is 1. The summed E-state index contributed by atoms with van der Waals surface area (Å²) in [6.45, 7) is 6.71. The van der Waals surface area contributed by atoms with Crippen molar-refractivity contribution in [2.75, 3.05) is 6.61 Å². The molecule has 1 fully saturated rings. The van der Waals surface area contributed by atoms with Crippen LogP contribution in [0, 0.1) is 0 Å². The lowest BCUT2D eigenvalue weighted by atomic mass is 9.91. The van der Waals surface area contributed by atoms with Crippen LogP contribution in [0.3, 0.4) is 0 Å². The summed E-state index contributed by atoms with van der Waals surface area (Å²) >= 11 is 3.49. The lowest BCUT2D eigenvalue weighted by Gasteiger charge is -2.28. The van der Waals surface area contributed by atoms with Gasteiger partial charge in [-0.25, -0.2) is 0 Å². The zero-order valence-electron chi connectivity index (χ0n) is 10.6. The molecule has 1 unspecified atom stereocenters. The molecule has 0 amide bonds. The van der Waals surface area contributed by atoms with E-state index in [4.69, 9.17) is 9.47 Å². The Bertz CT molecular complexity index is 403. The fourth-order valence-electron chi connectivity index (χ4n) is 2.28. The van der Waals surface area contributed by atoms with E-state index in [2.05, 4.69) is 47.1 Å². The van der Waals surface area contributed by atoms with Crippen LogP contribution in [0.15, 0.2) is 24.3 Å². The summed E-state index contributed by atoms with van der Waals surface area (Å²) in [6, 6.07) is 8.52. The summed E-state index contributed by atoms with van der Waals surface area (Å²) in [7, 11) is 0. The fraction of sp³-hybridized carbons (Fsp3) is 0.571. The van der Waals surface area contributed by atoms with E-state index < -0.39 is 5.79 Å². The first-order chi connectivity index (χ1) is 8.01. The Labute approximate surface area is 111 Å². The Hall–Kier alpha value is -0.380. The summed E-state index contributed by atoms with van der Waals surface area (Å²) in [5.41, 5.74) is 2.19. The molecule has 1 saturated heterocycles. The highest BCUT2D eigenvalue weighted by Gasteiger charge is 2.45. The smallest absolute Gasteiger partial charge is 0.164 e. The summed E-state index contributed by atoms with van der Waals surface area (Å²) in [6.07, 6.45) is 0.919. The van der Waals surface area contributed by atoms with Crippen LogP contribution in [0.1, 0.15) is 38.3 Å². The van der Waals surface area contributed by atoms with Gasteiger partial charge in [-0.15, -0.1) is 0 Å². The van der Waals surface area contributed by atoms with Crippen LogP contribution < -0.4 is 0 Å². The summed E-state index contributed by atoms with van der Waals surface area (Å²) in [5.74, 6) is -0.486. The van der Waals surface area contributed by atoms with Crippen molar-refractivity contribution >= 4 is 15.9 Å². The van der Waals surface area contributed by atoms with Crippen LogP contribution in [0.5, 0.6) is 0 Å². The van der Waals surface area contributed by atoms with Crippen LogP contribution in [0.2, 0.25) is 0 Å². The zero-order valence-corrected chi connectivity index (χ0v) is 12.2. The molecule has 0 aromatic heterocycles. The van der Waals surface area contributed by atoms with Crippen molar-refractivity contribution in [1.29, 1.82) is 0 Å². The van der Waals surface area contributed by atoms with Crippen molar-refractivity contribution in [3.05, 3.63) is 35.4 Å². The molecule has 2 rings (SSSR count). The molecule has 0 aliphatic carbocycles. The van der Waals surface area contributed by atoms with Gasteiger partial charge in [-0.05, 0) is 31.4 Å². The summed E-state index contributed by atoms with van der Waals surface area (Å²) < 4.78 is 11.9. The highest BCUT2D eigenvalue weighted by Crippen LogP contribution is 2.41. The first kappa shape index (κ1) is 13.1.